The van der Waals surface area contributed by atoms with Crippen molar-refractivity contribution in [2.45, 2.75) is 20.0 Å². The molecule has 0 unspecified atom stereocenters. The number of nitrogens with zero attached hydrogens (tertiary/aromatic N) is 1. The molecule has 0 radical (unpaired) electrons. The smallest absolute Gasteiger partial charge is 0.123 e. The molecule has 0 heterocycles. The quantitative estimate of drug-likeness (QED) is 0.865. The van der Waals surface area contributed by atoms with Crippen LogP contribution in [-0.4, -0.2) is 13.6 Å². The zero-order chi connectivity index (χ0) is 14.4. The van der Waals surface area contributed by atoms with Crippen molar-refractivity contribution in [3.05, 3.63) is 65.5 Å². The van der Waals surface area contributed by atoms with E-state index in [2.05, 4.69) is 41.4 Å². The number of nitrogens with one attached hydrogen (secondary N) is 1. The van der Waals surface area contributed by atoms with Gasteiger partial charge in [0.15, 0.2) is 0 Å². The lowest BCUT2D eigenvalue weighted by molar-refractivity contribution is 0.627. The van der Waals surface area contributed by atoms with Crippen LogP contribution in [0.1, 0.15) is 18.1 Å². The summed E-state index contributed by atoms with van der Waals surface area (Å²) < 4.78 is 12.9. The Morgan fingerprint density at radius 2 is 1.75 bits per heavy atom. The molecule has 2 nitrogen and oxygen atoms in total. The van der Waals surface area contributed by atoms with Gasteiger partial charge in [0.2, 0.25) is 0 Å². The monoisotopic (exact) mass is 272 g/mol. The summed E-state index contributed by atoms with van der Waals surface area (Å²) in [5.74, 6) is -0.199. The molecular formula is C17H21FN2. The first-order chi connectivity index (χ1) is 9.69. The summed E-state index contributed by atoms with van der Waals surface area (Å²) in [6.07, 6.45) is 0. The average Bonchev–Trinajstić information content (AvgIpc) is 2.46. The predicted molar refractivity (Wildman–Crippen MR) is 82.3 cm³/mol. The fraction of sp³-hybridized carbons (Fsp3) is 0.294. The lowest BCUT2D eigenvalue weighted by atomic mass is 10.1. The molecule has 0 bridgehead atoms. The summed E-state index contributed by atoms with van der Waals surface area (Å²) in [5, 5.41) is 3.33. The molecule has 0 fully saturated rings. The van der Waals surface area contributed by atoms with Gasteiger partial charge < -0.3 is 10.2 Å². The normalized spacial score (nSPS) is 10.6. The van der Waals surface area contributed by atoms with Gasteiger partial charge in [-0.3, -0.25) is 0 Å². The molecule has 0 saturated heterocycles. The van der Waals surface area contributed by atoms with Gasteiger partial charge in [-0.05, 0) is 41.9 Å². The molecule has 3 heteroatoms. The fourth-order valence-electron chi connectivity index (χ4n) is 2.17. The van der Waals surface area contributed by atoms with E-state index < -0.39 is 0 Å². The Kier molecular flexibility index (Phi) is 5.13. The predicted octanol–water partition coefficient (Wildman–Crippen LogP) is 3.57. The molecule has 0 amide bonds. The molecule has 0 aliphatic heterocycles. The van der Waals surface area contributed by atoms with Crippen LogP contribution < -0.4 is 10.2 Å². The molecule has 106 valence electrons. The second-order valence-corrected chi connectivity index (χ2v) is 4.93. The van der Waals surface area contributed by atoms with Gasteiger partial charge in [-0.2, -0.15) is 0 Å². The van der Waals surface area contributed by atoms with E-state index in [-0.39, 0.29) is 5.82 Å². The van der Waals surface area contributed by atoms with Gasteiger partial charge in [0.25, 0.3) is 0 Å². The number of rotatable bonds is 6. The maximum Gasteiger partial charge on any atom is 0.123 e. The average molecular weight is 272 g/mol. The van der Waals surface area contributed by atoms with E-state index in [1.807, 2.05) is 7.05 Å². The minimum Gasteiger partial charge on any atom is -0.370 e. The first-order valence-corrected chi connectivity index (χ1v) is 6.94. The maximum atomic E-state index is 12.9. The highest BCUT2D eigenvalue weighted by atomic mass is 19.1. The van der Waals surface area contributed by atoms with Crippen LogP contribution in [0.25, 0.3) is 0 Å². The first-order valence-electron chi connectivity index (χ1n) is 6.94. The van der Waals surface area contributed by atoms with E-state index in [9.17, 15) is 4.39 Å². The van der Waals surface area contributed by atoms with Crippen LogP contribution in [0, 0.1) is 5.82 Å². The Hall–Kier alpha value is -1.87. The molecule has 2 rings (SSSR count). The third-order valence-corrected chi connectivity index (χ3v) is 3.26. The summed E-state index contributed by atoms with van der Waals surface area (Å²) in [6.45, 7) is 4.78. The Morgan fingerprint density at radius 3 is 2.45 bits per heavy atom. The Morgan fingerprint density at radius 1 is 1.05 bits per heavy atom. The second kappa shape index (κ2) is 7.06. The summed E-state index contributed by atoms with van der Waals surface area (Å²) in [5.41, 5.74) is 3.56. The number of hydrogen-bond acceptors (Lipinski definition) is 2. The Bertz CT molecular complexity index is 537. The van der Waals surface area contributed by atoms with E-state index >= 15 is 0 Å². The number of benzene rings is 2. The Labute approximate surface area is 120 Å². The first kappa shape index (κ1) is 14.5. The van der Waals surface area contributed by atoms with Crippen LogP contribution in [0.5, 0.6) is 0 Å². The van der Waals surface area contributed by atoms with Crippen LogP contribution in [0.3, 0.4) is 0 Å². The molecule has 20 heavy (non-hydrogen) atoms. The van der Waals surface area contributed by atoms with Crippen LogP contribution >= 0.6 is 0 Å². The second-order valence-electron chi connectivity index (χ2n) is 4.93. The molecule has 0 aromatic heterocycles. The molecule has 1 N–H and O–H groups in total. The van der Waals surface area contributed by atoms with E-state index in [4.69, 9.17) is 0 Å². The fourth-order valence-corrected chi connectivity index (χ4v) is 2.17. The summed E-state index contributed by atoms with van der Waals surface area (Å²) in [4.78, 5) is 2.12. The standard InChI is InChI=1S/C17H21FN2/c1-3-19-12-14-5-4-6-15(11-14)13-20(2)17-9-7-16(18)8-10-17/h4-11,19H,3,12-13H2,1-2H3. The third kappa shape index (κ3) is 4.07. The Balaban J connectivity index is 2.03. The molecule has 0 spiro atoms. The van der Waals surface area contributed by atoms with Crippen molar-refractivity contribution in [2.75, 3.05) is 18.5 Å². The van der Waals surface area contributed by atoms with Crippen LogP contribution in [-0.2, 0) is 13.1 Å². The van der Waals surface area contributed by atoms with Gasteiger partial charge in [0.1, 0.15) is 5.82 Å². The van der Waals surface area contributed by atoms with E-state index in [0.717, 1.165) is 25.3 Å². The SMILES string of the molecule is CCNCc1cccc(CN(C)c2ccc(F)cc2)c1. The van der Waals surface area contributed by atoms with Crippen molar-refractivity contribution in [1.82, 2.24) is 5.32 Å². The topological polar surface area (TPSA) is 15.3 Å². The molecular weight excluding hydrogens is 251 g/mol. The van der Waals surface area contributed by atoms with E-state index in [1.54, 1.807) is 12.1 Å². The molecule has 0 aliphatic carbocycles. The molecule has 0 atom stereocenters. The lowest BCUT2D eigenvalue weighted by Gasteiger charge is -2.19. The highest BCUT2D eigenvalue weighted by molar-refractivity contribution is 5.46. The number of anilines is 1. The van der Waals surface area contributed by atoms with Gasteiger partial charge in [0, 0.05) is 25.8 Å². The maximum absolute atomic E-state index is 12.9. The van der Waals surface area contributed by atoms with Gasteiger partial charge in [0.05, 0.1) is 0 Å². The summed E-state index contributed by atoms with van der Waals surface area (Å²) >= 11 is 0. The van der Waals surface area contributed by atoms with Crippen molar-refractivity contribution < 1.29 is 4.39 Å². The van der Waals surface area contributed by atoms with Crippen molar-refractivity contribution in [3.63, 3.8) is 0 Å². The van der Waals surface area contributed by atoms with Gasteiger partial charge in [-0.25, -0.2) is 4.39 Å². The largest absolute Gasteiger partial charge is 0.370 e. The van der Waals surface area contributed by atoms with Crippen molar-refractivity contribution in [2.24, 2.45) is 0 Å². The van der Waals surface area contributed by atoms with Crippen LogP contribution in [0.2, 0.25) is 0 Å². The molecule has 0 saturated carbocycles. The van der Waals surface area contributed by atoms with Crippen molar-refractivity contribution in [3.8, 4) is 0 Å². The zero-order valence-electron chi connectivity index (χ0n) is 12.1. The van der Waals surface area contributed by atoms with E-state index in [1.165, 1.54) is 23.3 Å². The van der Waals surface area contributed by atoms with Gasteiger partial charge in [-0.15, -0.1) is 0 Å². The molecule has 2 aromatic rings. The van der Waals surface area contributed by atoms with E-state index in [0.29, 0.717) is 0 Å². The van der Waals surface area contributed by atoms with Crippen LogP contribution in [0.15, 0.2) is 48.5 Å². The summed E-state index contributed by atoms with van der Waals surface area (Å²) in [6, 6.07) is 15.1. The van der Waals surface area contributed by atoms with Gasteiger partial charge in [-0.1, -0.05) is 31.2 Å². The highest BCUT2D eigenvalue weighted by Gasteiger charge is 2.03. The highest BCUT2D eigenvalue weighted by Crippen LogP contribution is 2.16. The third-order valence-electron chi connectivity index (χ3n) is 3.26. The zero-order valence-corrected chi connectivity index (χ0v) is 12.1. The van der Waals surface area contributed by atoms with Crippen molar-refractivity contribution in [1.29, 1.82) is 0 Å². The minimum atomic E-state index is -0.199. The number of halogens is 1. The minimum absolute atomic E-state index is 0.199. The van der Waals surface area contributed by atoms with Gasteiger partial charge >= 0.3 is 0 Å². The molecule has 0 aliphatic rings. The lowest BCUT2D eigenvalue weighted by Crippen LogP contribution is -2.17. The van der Waals surface area contributed by atoms with Crippen molar-refractivity contribution >= 4 is 5.69 Å². The van der Waals surface area contributed by atoms with Crippen LogP contribution in [0.4, 0.5) is 10.1 Å². The number of hydrogen-bond donors (Lipinski definition) is 1. The molecule has 2 aromatic carbocycles. The summed E-state index contributed by atoms with van der Waals surface area (Å²) in [7, 11) is 2.02.